The number of hydrogen-bond donors (Lipinski definition) is 0. The number of pyridine rings is 1. The second kappa shape index (κ2) is 4.85. The van der Waals surface area contributed by atoms with E-state index < -0.39 is 0 Å². The maximum absolute atomic E-state index is 6.18. The van der Waals surface area contributed by atoms with Gasteiger partial charge in [-0.25, -0.2) is 0 Å². The van der Waals surface area contributed by atoms with Gasteiger partial charge in [0.2, 0.25) is 0 Å². The van der Waals surface area contributed by atoms with Gasteiger partial charge in [-0.2, -0.15) is 0 Å². The summed E-state index contributed by atoms with van der Waals surface area (Å²) in [6, 6.07) is 7.34. The molecule has 0 aliphatic carbocycles. The summed E-state index contributed by atoms with van der Waals surface area (Å²) < 4.78 is 0. The lowest BCUT2D eigenvalue weighted by atomic mass is 10.1. The molecule has 0 saturated carbocycles. The Hall–Kier alpha value is -0.760. The minimum Gasteiger partial charge on any atom is -0.253 e. The van der Waals surface area contributed by atoms with Crippen molar-refractivity contribution >= 4 is 34.8 Å². The van der Waals surface area contributed by atoms with E-state index in [9.17, 15) is 0 Å². The average molecular weight is 287 g/mol. The molecule has 0 spiro atoms. The highest BCUT2D eigenvalue weighted by atomic mass is 35.5. The van der Waals surface area contributed by atoms with E-state index in [-0.39, 0.29) is 0 Å². The van der Waals surface area contributed by atoms with Crippen LogP contribution in [0.5, 0.6) is 0 Å². The molecule has 17 heavy (non-hydrogen) atoms. The van der Waals surface area contributed by atoms with Crippen molar-refractivity contribution in [2.75, 3.05) is 0 Å². The summed E-state index contributed by atoms with van der Waals surface area (Å²) in [5, 5.41) is 1.47. The highest BCUT2D eigenvalue weighted by molar-refractivity contribution is 6.46. The number of nitrogens with zero attached hydrogens (tertiary/aromatic N) is 1. The third-order valence-corrected chi connectivity index (χ3v) is 3.52. The van der Waals surface area contributed by atoms with Crippen molar-refractivity contribution in [3.63, 3.8) is 0 Å². The second-order valence-corrected chi connectivity index (χ2v) is 5.08. The van der Waals surface area contributed by atoms with E-state index in [1.54, 1.807) is 12.1 Å². The molecular formula is C13H10Cl3N. The Morgan fingerprint density at radius 2 is 1.59 bits per heavy atom. The maximum Gasteiger partial charge on any atom is 0.0738 e. The van der Waals surface area contributed by atoms with Crippen molar-refractivity contribution in [3.8, 4) is 11.3 Å². The predicted octanol–water partition coefficient (Wildman–Crippen LogP) is 5.33. The van der Waals surface area contributed by atoms with Crippen molar-refractivity contribution in [1.82, 2.24) is 4.98 Å². The zero-order valence-corrected chi connectivity index (χ0v) is 11.7. The Bertz CT molecular complexity index is 559. The van der Waals surface area contributed by atoms with Gasteiger partial charge in [0.05, 0.1) is 20.8 Å². The predicted molar refractivity (Wildman–Crippen MR) is 74.2 cm³/mol. The molecule has 0 N–H and O–H groups in total. The largest absolute Gasteiger partial charge is 0.253 e. The molecule has 1 heterocycles. The molecule has 4 heteroatoms. The van der Waals surface area contributed by atoms with E-state index in [1.165, 1.54) is 0 Å². The first-order valence-electron chi connectivity index (χ1n) is 5.08. The van der Waals surface area contributed by atoms with Crippen molar-refractivity contribution in [1.29, 1.82) is 0 Å². The summed E-state index contributed by atoms with van der Waals surface area (Å²) >= 11 is 18.3. The monoisotopic (exact) mass is 285 g/mol. The molecule has 0 unspecified atom stereocenters. The van der Waals surface area contributed by atoms with Crippen molar-refractivity contribution in [3.05, 3.63) is 50.6 Å². The van der Waals surface area contributed by atoms with Crippen LogP contribution < -0.4 is 0 Å². The van der Waals surface area contributed by atoms with Gasteiger partial charge in [-0.15, -0.1) is 0 Å². The van der Waals surface area contributed by atoms with Crippen LogP contribution in [0.4, 0.5) is 0 Å². The summed E-state index contributed by atoms with van der Waals surface area (Å²) in [4.78, 5) is 4.44. The highest BCUT2D eigenvalue weighted by Crippen LogP contribution is 2.38. The molecule has 1 aromatic heterocycles. The van der Waals surface area contributed by atoms with Gasteiger partial charge in [-0.1, -0.05) is 34.8 Å². The number of aryl methyl sites for hydroxylation is 2. The van der Waals surface area contributed by atoms with Gasteiger partial charge in [-0.05, 0) is 43.7 Å². The van der Waals surface area contributed by atoms with E-state index in [0.717, 1.165) is 17.0 Å². The van der Waals surface area contributed by atoms with Gasteiger partial charge in [-0.3, -0.25) is 4.98 Å². The van der Waals surface area contributed by atoms with Crippen molar-refractivity contribution in [2.24, 2.45) is 0 Å². The second-order valence-electron chi connectivity index (χ2n) is 3.89. The number of aromatic nitrogens is 1. The van der Waals surface area contributed by atoms with Gasteiger partial charge in [0.25, 0.3) is 0 Å². The zero-order chi connectivity index (χ0) is 12.6. The summed E-state index contributed by atoms with van der Waals surface area (Å²) in [6.45, 7) is 3.94. The lowest BCUT2D eigenvalue weighted by Gasteiger charge is -2.09. The third-order valence-electron chi connectivity index (χ3n) is 2.40. The van der Waals surface area contributed by atoms with Crippen LogP contribution in [0, 0.1) is 13.8 Å². The van der Waals surface area contributed by atoms with E-state index in [1.807, 2.05) is 26.0 Å². The number of halogens is 3. The SMILES string of the molecule is Cc1cc(C)nc(-c2c(Cl)ccc(Cl)c2Cl)c1. The zero-order valence-electron chi connectivity index (χ0n) is 9.39. The Kier molecular flexibility index (Phi) is 3.62. The molecule has 0 aliphatic rings. The van der Waals surface area contributed by atoms with Crippen LogP contribution in [0.2, 0.25) is 15.1 Å². The molecule has 1 aromatic carbocycles. The van der Waals surface area contributed by atoms with Crippen LogP contribution in [0.3, 0.4) is 0 Å². The summed E-state index contributed by atoms with van der Waals surface area (Å²) in [5.74, 6) is 0. The Morgan fingerprint density at radius 3 is 2.24 bits per heavy atom. The standard InChI is InChI=1S/C13H10Cl3N/c1-7-5-8(2)17-11(6-7)12-9(14)3-4-10(15)13(12)16/h3-6H,1-2H3. The van der Waals surface area contributed by atoms with Gasteiger partial charge in [0, 0.05) is 11.3 Å². The van der Waals surface area contributed by atoms with Crippen LogP contribution in [0.1, 0.15) is 11.3 Å². The van der Waals surface area contributed by atoms with Gasteiger partial charge < -0.3 is 0 Å². The quantitative estimate of drug-likeness (QED) is 0.646. The lowest BCUT2D eigenvalue weighted by Crippen LogP contribution is -1.91. The molecular weight excluding hydrogens is 277 g/mol. The Balaban J connectivity index is 2.72. The summed E-state index contributed by atoms with van der Waals surface area (Å²) in [7, 11) is 0. The van der Waals surface area contributed by atoms with E-state index in [0.29, 0.717) is 20.6 Å². The summed E-state index contributed by atoms with van der Waals surface area (Å²) in [6.07, 6.45) is 0. The smallest absolute Gasteiger partial charge is 0.0738 e. The minimum absolute atomic E-state index is 0.441. The van der Waals surface area contributed by atoms with Crippen LogP contribution in [0.15, 0.2) is 24.3 Å². The molecule has 0 saturated heterocycles. The van der Waals surface area contributed by atoms with Crippen LogP contribution in [-0.4, -0.2) is 4.98 Å². The van der Waals surface area contributed by atoms with Crippen molar-refractivity contribution in [2.45, 2.75) is 13.8 Å². The number of rotatable bonds is 1. The fraction of sp³-hybridized carbons (Fsp3) is 0.154. The Morgan fingerprint density at radius 1 is 0.941 bits per heavy atom. The normalized spacial score (nSPS) is 10.6. The molecule has 0 bridgehead atoms. The first kappa shape index (κ1) is 12.7. The maximum atomic E-state index is 6.18. The lowest BCUT2D eigenvalue weighted by molar-refractivity contribution is 1.18. The minimum atomic E-state index is 0.441. The van der Waals surface area contributed by atoms with Gasteiger partial charge in [0.15, 0.2) is 0 Å². The van der Waals surface area contributed by atoms with Crippen molar-refractivity contribution < 1.29 is 0 Å². The van der Waals surface area contributed by atoms with Crippen LogP contribution >= 0.6 is 34.8 Å². The van der Waals surface area contributed by atoms with Gasteiger partial charge >= 0.3 is 0 Å². The third kappa shape index (κ3) is 2.57. The summed E-state index contributed by atoms with van der Waals surface area (Å²) in [5.41, 5.74) is 3.47. The Labute approximate surface area is 115 Å². The van der Waals surface area contributed by atoms with E-state index >= 15 is 0 Å². The molecule has 0 aliphatic heterocycles. The number of benzene rings is 1. The average Bonchev–Trinajstić information content (AvgIpc) is 2.23. The fourth-order valence-corrected chi connectivity index (χ4v) is 2.45. The topological polar surface area (TPSA) is 12.9 Å². The molecule has 0 amide bonds. The number of hydrogen-bond acceptors (Lipinski definition) is 1. The first-order chi connectivity index (χ1) is 7.99. The molecule has 0 atom stereocenters. The fourth-order valence-electron chi connectivity index (χ4n) is 1.73. The van der Waals surface area contributed by atoms with E-state index in [4.69, 9.17) is 34.8 Å². The van der Waals surface area contributed by atoms with Crippen LogP contribution in [0.25, 0.3) is 11.3 Å². The van der Waals surface area contributed by atoms with Crippen LogP contribution in [-0.2, 0) is 0 Å². The molecule has 0 radical (unpaired) electrons. The molecule has 2 aromatic rings. The van der Waals surface area contributed by atoms with E-state index in [2.05, 4.69) is 4.98 Å². The highest BCUT2D eigenvalue weighted by Gasteiger charge is 2.13. The molecule has 88 valence electrons. The van der Waals surface area contributed by atoms with Gasteiger partial charge in [0.1, 0.15) is 0 Å². The molecule has 1 nitrogen and oxygen atoms in total. The molecule has 2 rings (SSSR count). The first-order valence-corrected chi connectivity index (χ1v) is 6.21. The molecule has 0 fully saturated rings.